The largest absolute Gasteiger partial charge is 0.494 e. The molecule has 0 aromatic heterocycles. The summed E-state index contributed by atoms with van der Waals surface area (Å²) >= 11 is 0. The highest BCUT2D eigenvalue weighted by Crippen LogP contribution is 2.17. The molecule has 0 aliphatic rings. The normalized spacial score (nSPS) is 9.73. The molecule has 0 amide bonds. The number of Topliss-reactive ketones (excluding diaryl/α,β-unsaturated/α-hetero) is 1. The van der Waals surface area contributed by atoms with E-state index in [9.17, 15) is 4.79 Å². The zero-order valence-corrected chi connectivity index (χ0v) is 8.60. The van der Waals surface area contributed by atoms with Crippen molar-refractivity contribution in [1.29, 1.82) is 0 Å². The van der Waals surface area contributed by atoms with E-state index in [0.717, 1.165) is 5.75 Å². The predicted octanol–water partition coefficient (Wildman–Crippen LogP) is 1.03. The van der Waals surface area contributed by atoms with Crippen molar-refractivity contribution in [3.05, 3.63) is 24.3 Å². The fourth-order valence-electron chi connectivity index (χ4n) is 1.01. The molecule has 4 heteroatoms. The van der Waals surface area contributed by atoms with Gasteiger partial charge in [0, 0.05) is 0 Å². The Hall–Kier alpha value is -1.55. The molecule has 0 aliphatic heterocycles. The molecule has 1 N–H and O–H groups in total. The molecule has 0 heterocycles. The third-order valence-corrected chi connectivity index (χ3v) is 1.71. The van der Waals surface area contributed by atoms with Crippen LogP contribution in [0.2, 0.25) is 0 Å². The van der Waals surface area contributed by atoms with Crippen molar-refractivity contribution in [3.8, 4) is 11.5 Å². The highest BCUT2D eigenvalue weighted by molar-refractivity contribution is 5.80. The predicted molar refractivity (Wildman–Crippen MR) is 55.2 cm³/mol. The fraction of sp³-hybridized carbons (Fsp3) is 0.364. The van der Waals surface area contributed by atoms with Crippen molar-refractivity contribution in [2.75, 3.05) is 19.8 Å². The Morgan fingerprint density at radius 3 is 2.20 bits per heavy atom. The summed E-state index contributed by atoms with van der Waals surface area (Å²) in [7, 11) is 0. The van der Waals surface area contributed by atoms with E-state index >= 15 is 0 Å². The maximum Gasteiger partial charge on any atom is 0.195 e. The lowest BCUT2D eigenvalue weighted by Gasteiger charge is -2.06. The van der Waals surface area contributed by atoms with Crippen molar-refractivity contribution in [3.63, 3.8) is 0 Å². The minimum absolute atomic E-state index is 0.107. The van der Waals surface area contributed by atoms with Crippen molar-refractivity contribution >= 4 is 5.78 Å². The highest BCUT2D eigenvalue weighted by atomic mass is 16.5. The van der Waals surface area contributed by atoms with Crippen LogP contribution in [-0.2, 0) is 4.79 Å². The second-order valence-corrected chi connectivity index (χ2v) is 2.89. The standard InChI is InChI=1S/C11H14O4/c1-2-14-10-3-5-11(6-4-10)15-8-9(13)7-12/h3-6,12H,2,7-8H2,1H3. The van der Waals surface area contributed by atoms with Gasteiger partial charge in [-0.25, -0.2) is 0 Å². The summed E-state index contributed by atoms with van der Waals surface area (Å²) in [6, 6.07) is 6.97. The van der Waals surface area contributed by atoms with E-state index in [4.69, 9.17) is 14.6 Å². The molecule has 15 heavy (non-hydrogen) atoms. The zero-order chi connectivity index (χ0) is 11.1. The van der Waals surface area contributed by atoms with E-state index in [1.807, 2.05) is 6.92 Å². The molecule has 0 fully saturated rings. The van der Waals surface area contributed by atoms with Crippen LogP contribution in [0.3, 0.4) is 0 Å². The molecule has 0 spiro atoms. The van der Waals surface area contributed by atoms with Crippen LogP contribution in [-0.4, -0.2) is 30.7 Å². The molecule has 0 saturated carbocycles. The first-order valence-electron chi connectivity index (χ1n) is 4.74. The number of carbonyl (C=O) groups is 1. The van der Waals surface area contributed by atoms with E-state index in [1.165, 1.54) is 0 Å². The molecule has 1 rings (SSSR count). The molecule has 0 bridgehead atoms. The Balaban J connectivity index is 2.45. The maximum atomic E-state index is 10.8. The highest BCUT2D eigenvalue weighted by Gasteiger charge is 2.00. The summed E-state index contributed by atoms with van der Waals surface area (Å²) in [6.45, 7) is 1.93. The molecular weight excluding hydrogens is 196 g/mol. The molecule has 1 aromatic rings. The number of aliphatic hydroxyl groups excluding tert-OH is 1. The van der Waals surface area contributed by atoms with E-state index < -0.39 is 6.61 Å². The van der Waals surface area contributed by atoms with Gasteiger partial charge in [0.05, 0.1) is 6.61 Å². The number of rotatable bonds is 6. The lowest BCUT2D eigenvalue weighted by Crippen LogP contribution is -2.14. The smallest absolute Gasteiger partial charge is 0.195 e. The average Bonchev–Trinajstić information content (AvgIpc) is 2.28. The third-order valence-electron chi connectivity index (χ3n) is 1.71. The molecule has 0 atom stereocenters. The van der Waals surface area contributed by atoms with Crippen LogP contribution in [0.4, 0.5) is 0 Å². The van der Waals surface area contributed by atoms with E-state index in [0.29, 0.717) is 12.4 Å². The number of ether oxygens (including phenoxy) is 2. The van der Waals surface area contributed by atoms with Crippen LogP contribution in [0.1, 0.15) is 6.92 Å². The lowest BCUT2D eigenvalue weighted by molar-refractivity contribution is -0.123. The first-order chi connectivity index (χ1) is 7.26. The Morgan fingerprint density at radius 1 is 1.20 bits per heavy atom. The summed E-state index contributed by atoms with van der Waals surface area (Å²) in [6.07, 6.45) is 0. The van der Waals surface area contributed by atoms with Gasteiger partial charge in [-0.15, -0.1) is 0 Å². The van der Waals surface area contributed by atoms with Crippen molar-refractivity contribution in [1.82, 2.24) is 0 Å². The van der Waals surface area contributed by atoms with Crippen LogP contribution in [0.5, 0.6) is 11.5 Å². The Labute approximate surface area is 88.4 Å². The van der Waals surface area contributed by atoms with Crippen LogP contribution >= 0.6 is 0 Å². The number of ketones is 1. The maximum absolute atomic E-state index is 10.8. The third kappa shape index (κ3) is 3.99. The summed E-state index contributed by atoms with van der Waals surface area (Å²) in [5.74, 6) is 1.00. The van der Waals surface area contributed by atoms with Gasteiger partial charge in [-0.05, 0) is 31.2 Å². The SMILES string of the molecule is CCOc1ccc(OCC(=O)CO)cc1. The molecular formula is C11H14O4. The number of hydrogen-bond acceptors (Lipinski definition) is 4. The average molecular weight is 210 g/mol. The monoisotopic (exact) mass is 210 g/mol. The van der Waals surface area contributed by atoms with Crippen LogP contribution < -0.4 is 9.47 Å². The van der Waals surface area contributed by atoms with Gasteiger partial charge in [0.15, 0.2) is 5.78 Å². The van der Waals surface area contributed by atoms with E-state index in [-0.39, 0.29) is 12.4 Å². The second-order valence-electron chi connectivity index (χ2n) is 2.89. The second kappa shape index (κ2) is 6.03. The summed E-state index contributed by atoms with van der Waals surface area (Å²) in [4.78, 5) is 10.8. The quantitative estimate of drug-likeness (QED) is 0.761. The molecule has 0 radical (unpaired) electrons. The minimum Gasteiger partial charge on any atom is -0.494 e. The summed E-state index contributed by atoms with van der Waals surface area (Å²) in [5.41, 5.74) is 0. The number of hydrogen-bond donors (Lipinski definition) is 1. The number of aliphatic hydroxyl groups is 1. The van der Waals surface area contributed by atoms with Crippen molar-refractivity contribution in [2.45, 2.75) is 6.92 Å². The summed E-state index contributed by atoms with van der Waals surface area (Å²) in [5, 5.41) is 8.48. The molecule has 1 aromatic carbocycles. The van der Waals surface area contributed by atoms with Gasteiger partial charge in [0.1, 0.15) is 24.7 Å². The lowest BCUT2D eigenvalue weighted by atomic mass is 10.3. The Bertz CT molecular complexity index is 305. The van der Waals surface area contributed by atoms with E-state index in [1.54, 1.807) is 24.3 Å². The minimum atomic E-state index is -0.489. The number of benzene rings is 1. The van der Waals surface area contributed by atoms with Crippen LogP contribution in [0, 0.1) is 0 Å². The van der Waals surface area contributed by atoms with Gasteiger partial charge in [-0.2, -0.15) is 0 Å². The van der Waals surface area contributed by atoms with Crippen molar-refractivity contribution < 1.29 is 19.4 Å². The van der Waals surface area contributed by atoms with Gasteiger partial charge >= 0.3 is 0 Å². The van der Waals surface area contributed by atoms with Crippen molar-refractivity contribution in [2.24, 2.45) is 0 Å². The Morgan fingerprint density at radius 2 is 1.73 bits per heavy atom. The number of carbonyl (C=O) groups excluding carboxylic acids is 1. The fourth-order valence-corrected chi connectivity index (χ4v) is 1.01. The molecule has 82 valence electrons. The van der Waals surface area contributed by atoms with Crippen LogP contribution in [0.15, 0.2) is 24.3 Å². The van der Waals surface area contributed by atoms with Crippen LogP contribution in [0.25, 0.3) is 0 Å². The van der Waals surface area contributed by atoms with Gasteiger partial charge in [0.2, 0.25) is 0 Å². The topological polar surface area (TPSA) is 55.8 Å². The molecule has 0 saturated heterocycles. The first-order valence-corrected chi connectivity index (χ1v) is 4.74. The molecule has 0 unspecified atom stereocenters. The Kier molecular flexibility index (Phi) is 4.63. The first kappa shape index (κ1) is 11.5. The van der Waals surface area contributed by atoms with Gasteiger partial charge < -0.3 is 14.6 Å². The van der Waals surface area contributed by atoms with E-state index in [2.05, 4.69) is 0 Å². The van der Waals surface area contributed by atoms with Gasteiger partial charge in [-0.3, -0.25) is 4.79 Å². The molecule has 0 aliphatic carbocycles. The molecule has 4 nitrogen and oxygen atoms in total. The summed E-state index contributed by atoms with van der Waals surface area (Å²) < 4.78 is 10.4. The van der Waals surface area contributed by atoms with Gasteiger partial charge in [0.25, 0.3) is 0 Å². The van der Waals surface area contributed by atoms with Gasteiger partial charge in [-0.1, -0.05) is 0 Å². The zero-order valence-electron chi connectivity index (χ0n) is 8.60.